The smallest absolute Gasteiger partial charge is 0.202 e. The van der Waals surface area contributed by atoms with E-state index in [0.717, 1.165) is 41.9 Å². The van der Waals surface area contributed by atoms with Gasteiger partial charge in [-0.1, -0.05) is 13.0 Å². The van der Waals surface area contributed by atoms with E-state index in [1.807, 2.05) is 18.3 Å². The van der Waals surface area contributed by atoms with E-state index in [1.54, 1.807) is 0 Å². The lowest BCUT2D eigenvalue weighted by molar-refractivity contribution is 0.300. The number of guanidine groups is 1. The largest absolute Gasteiger partial charge is 0.353 e. The Morgan fingerprint density at radius 1 is 1.39 bits per heavy atom. The Morgan fingerprint density at radius 2 is 2.35 bits per heavy atom. The van der Waals surface area contributed by atoms with Gasteiger partial charge in [0.25, 0.3) is 0 Å². The SMILES string of the molecule is CCCN1C=CCC2=CNC(Nc3ccc4[nH]ncc4c3)=NC21. The zero-order valence-electron chi connectivity index (χ0n) is 13.1. The van der Waals surface area contributed by atoms with Crippen LogP contribution in [0, 0.1) is 0 Å². The molecule has 3 N–H and O–H groups in total. The third-order valence-electron chi connectivity index (χ3n) is 4.13. The van der Waals surface area contributed by atoms with Crippen LogP contribution in [0.25, 0.3) is 10.9 Å². The number of nitrogens with one attached hydrogen (secondary N) is 3. The molecule has 0 bridgehead atoms. The van der Waals surface area contributed by atoms with Crippen molar-refractivity contribution in [2.24, 2.45) is 4.99 Å². The predicted molar refractivity (Wildman–Crippen MR) is 92.9 cm³/mol. The van der Waals surface area contributed by atoms with Crippen molar-refractivity contribution in [3.05, 3.63) is 48.4 Å². The average Bonchev–Trinajstić information content (AvgIpc) is 3.03. The molecule has 1 atom stereocenters. The maximum atomic E-state index is 4.84. The van der Waals surface area contributed by atoms with Crippen LogP contribution in [0.4, 0.5) is 5.69 Å². The van der Waals surface area contributed by atoms with E-state index < -0.39 is 0 Å². The maximum Gasteiger partial charge on any atom is 0.202 e. The zero-order valence-corrected chi connectivity index (χ0v) is 13.1. The Labute approximate surface area is 135 Å². The standard InChI is InChI=1S/C17H20N6/c1-2-7-23-8-3-4-12-10-18-17(21-16(12)23)20-14-5-6-15-13(9-14)11-19-22-15/h3,5-6,8-11,16H,2,4,7H2,1H3,(H,19,22)(H2,18,20,21). The first kappa shape index (κ1) is 13.9. The number of benzene rings is 1. The summed E-state index contributed by atoms with van der Waals surface area (Å²) < 4.78 is 0. The quantitative estimate of drug-likeness (QED) is 0.815. The number of hydrogen-bond donors (Lipinski definition) is 3. The Hall–Kier alpha value is -2.76. The van der Waals surface area contributed by atoms with E-state index >= 15 is 0 Å². The minimum Gasteiger partial charge on any atom is -0.353 e. The van der Waals surface area contributed by atoms with Crippen molar-refractivity contribution < 1.29 is 0 Å². The minimum atomic E-state index is 0.0985. The molecule has 1 unspecified atom stereocenters. The highest BCUT2D eigenvalue weighted by atomic mass is 15.3. The summed E-state index contributed by atoms with van der Waals surface area (Å²) in [6, 6.07) is 6.10. The highest BCUT2D eigenvalue weighted by Gasteiger charge is 2.24. The van der Waals surface area contributed by atoms with Gasteiger partial charge in [0.1, 0.15) is 6.17 Å². The van der Waals surface area contributed by atoms with Gasteiger partial charge in [-0.05, 0) is 42.8 Å². The predicted octanol–water partition coefficient (Wildman–Crippen LogP) is 2.77. The van der Waals surface area contributed by atoms with Gasteiger partial charge in [-0.25, -0.2) is 4.99 Å². The third kappa shape index (κ3) is 2.67. The fourth-order valence-corrected chi connectivity index (χ4v) is 3.02. The number of allylic oxidation sites excluding steroid dienone is 1. The van der Waals surface area contributed by atoms with Crippen LogP contribution in [0.1, 0.15) is 19.8 Å². The molecule has 118 valence electrons. The van der Waals surface area contributed by atoms with Crippen molar-refractivity contribution >= 4 is 22.5 Å². The summed E-state index contributed by atoms with van der Waals surface area (Å²) in [5.74, 6) is 0.776. The number of rotatable bonds is 3. The first-order valence-corrected chi connectivity index (χ1v) is 7.99. The zero-order chi connectivity index (χ0) is 15.6. The number of nitrogens with zero attached hydrogens (tertiary/aromatic N) is 3. The molecule has 0 spiro atoms. The second-order valence-electron chi connectivity index (χ2n) is 5.84. The van der Waals surface area contributed by atoms with Crippen molar-refractivity contribution in [3.8, 4) is 0 Å². The van der Waals surface area contributed by atoms with Gasteiger partial charge in [-0.15, -0.1) is 0 Å². The van der Waals surface area contributed by atoms with Crippen LogP contribution in [-0.2, 0) is 0 Å². The fourth-order valence-electron chi connectivity index (χ4n) is 3.02. The lowest BCUT2D eigenvalue weighted by atomic mass is 10.1. The monoisotopic (exact) mass is 308 g/mol. The summed E-state index contributed by atoms with van der Waals surface area (Å²) in [7, 11) is 0. The van der Waals surface area contributed by atoms with Crippen molar-refractivity contribution in [3.63, 3.8) is 0 Å². The molecule has 0 aliphatic carbocycles. The molecule has 2 aromatic rings. The molecule has 0 fully saturated rings. The van der Waals surface area contributed by atoms with Gasteiger partial charge in [-0.3, -0.25) is 5.10 Å². The molecule has 0 saturated heterocycles. The molecule has 1 aromatic carbocycles. The van der Waals surface area contributed by atoms with Crippen LogP contribution < -0.4 is 10.6 Å². The maximum absolute atomic E-state index is 4.84. The van der Waals surface area contributed by atoms with Crippen LogP contribution in [0.3, 0.4) is 0 Å². The molecule has 23 heavy (non-hydrogen) atoms. The van der Waals surface area contributed by atoms with Gasteiger partial charge in [0, 0.05) is 23.8 Å². The molecule has 0 amide bonds. The van der Waals surface area contributed by atoms with E-state index in [4.69, 9.17) is 4.99 Å². The Bertz CT molecular complexity index is 800. The van der Waals surface area contributed by atoms with Gasteiger partial charge < -0.3 is 15.5 Å². The van der Waals surface area contributed by atoms with Crippen LogP contribution in [0.15, 0.2) is 53.4 Å². The lowest BCUT2D eigenvalue weighted by Gasteiger charge is -2.35. The second-order valence-corrected chi connectivity index (χ2v) is 5.84. The third-order valence-corrected chi connectivity index (χ3v) is 4.13. The van der Waals surface area contributed by atoms with Crippen molar-refractivity contribution in [2.75, 3.05) is 11.9 Å². The highest BCUT2D eigenvalue weighted by Crippen LogP contribution is 2.24. The highest BCUT2D eigenvalue weighted by molar-refractivity contribution is 5.97. The summed E-state index contributed by atoms with van der Waals surface area (Å²) in [5.41, 5.74) is 3.33. The Morgan fingerprint density at radius 3 is 3.26 bits per heavy atom. The number of aromatic nitrogens is 2. The van der Waals surface area contributed by atoms with Crippen LogP contribution in [0.5, 0.6) is 0 Å². The molecule has 0 radical (unpaired) electrons. The number of anilines is 1. The first-order valence-electron chi connectivity index (χ1n) is 7.99. The van der Waals surface area contributed by atoms with E-state index in [0.29, 0.717) is 0 Å². The number of fused-ring (bicyclic) bond motifs is 2. The van der Waals surface area contributed by atoms with E-state index in [2.05, 4.69) is 57.2 Å². The summed E-state index contributed by atoms with van der Waals surface area (Å²) >= 11 is 0. The van der Waals surface area contributed by atoms with Gasteiger partial charge in [0.15, 0.2) is 0 Å². The van der Waals surface area contributed by atoms with Crippen LogP contribution in [-0.4, -0.2) is 33.8 Å². The Balaban J connectivity index is 1.56. The van der Waals surface area contributed by atoms with E-state index in [9.17, 15) is 0 Å². The molecule has 2 aliphatic rings. The molecular formula is C17H20N6. The molecule has 0 saturated carbocycles. The average molecular weight is 308 g/mol. The number of hydrogen-bond acceptors (Lipinski definition) is 5. The van der Waals surface area contributed by atoms with Crippen molar-refractivity contribution in [1.29, 1.82) is 0 Å². The molecule has 2 aliphatic heterocycles. The number of aromatic amines is 1. The normalized spacial score (nSPS) is 19.9. The molecule has 4 rings (SSSR count). The van der Waals surface area contributed by atoms with Crippen LogP contribution in [0.2, 0.25) is 0 Å². The molecular weight excluding hydrogens is 288 g/mol. The topological polar surface area (TPSA) is 68.3 Å². The van der Waals surface area contributed by atoms with E-state index in [-0.39, 0.29) is 6.17 Å². The van der Waals surface area contributed by atoms with E-state index in [1.165, 1.54) is 5.57 Å². The molecule has 3 heterocycles. The summed E-state index contributed by atoms with van der Waals surface area (Å²) in [5, 5.41) is 14.7. The van der Waals surface area contributed by atoms with Crippen molar-refractivity contribution in [1.82, 2.24) is 20.4 Å². The molecule has 1 aromatic heterocycles. The summed E-state index contributed by atoms with van der Waals surface area (Å²) in [6.45, 7) is 3.20. The number of H-pyrrole nitrogens is 1. The van der Waals surface area contributed by atoms with Crippen LogP contribution >= 0.6 is 0 Å². The van der Waals surface area contributed by atoms with Gasteiger partial charge in [-0.2, -0.15) is 5.10 Å². The fraction of sp³-hybridized carbons (Fsp3) is 0.294. The minimum absolute atomic E-state index is 0.0985. The second kappa shape index (κ2) is 5.79. The summed E-state index contributed by atoms with van der Waals surface area (Å²) in [4.78, 5) is 7.13. The molecule has 6 nitrogen and oxygen atoms in total. The van der Waals surface area contributed by atoms with Gasteiger partial charge in [0.2, 0.25) is 5.96 Å². The van der Waals surface area contributed by atoms with Gasteiger partial charge >= 0.3 is 0 Å². The van der Waals surface area contributed by atoms with Crippen molar-refractivity contribution in [2.45, 2.75) is 25.9 Å². The lowest BCUT2D eigenvalue weighted by Crippen LogP contribution is -2.41. The summed E-state index contributed by atoms with van der Waals surface area (Å²) in [6.07, 6.45) is 10.4. The van der Waals surface area contributed by atoms with Gasteiger partial charge in [0.05, 0.1) is 11.7 Å². The first-order chi connectivity index (χ1) is 11.3. The number of aliphatic imine (C=N–C) groups is 1. The molecule has 6 heteroatoms. The Kier molecular flexibility index (Phi) is 3.49.